The second-order valence-corrected chi connectivity index (χ2v) is 10.5. The number of carbonyl (C=O) groups excluding carboxylic acids is 2. The van der Waals surface area contributed by atoms with Gasteiger partial charge >= 0.3 is 5.97 Å². The Kier molecular flexibility index (Phi) is 9.83. The third kappa shape index (κ3) is 6.16. The number of rotatable bonds is 9. The summed E-state index contributed by atoms with van der Waals surface area (Å²) >= 11 is 7.23. The van der Waals surface area contributed by atoms with Crippen molar-refractivity contribution in [2.75, 3.05) is 27.6 Å². The molecule has 41 heavy (non-hydrogen) atoms. The number of thioether (sulfide) groups is 1. The van der Waals surface area contributed by atoms with Crippen LogP contribution in [-0.4, -0.2) is 39.5 Å². The Bertz CT molecular complexity index is 1520. The van der Waals surface area contributed by atoms with Crippen molar-refractivity contribution in [1.29, 1.82) is 0 Å². The fourth-order valence-electron chi connectivity index (χ4n) is 5.19. The predicted octanol–water partition coefficient (Wildman–Crippen LogP) is 5.68. The Morgan fingerprint density at radius 1 is 1.00 bits per heavy atom. The van der Waals surface area contributed by atoms with Gasteiger partial charge in [0.15, 0.2) is 16.9 Å². The van der Waals surface area contributed by atoms with E-state index in [4.69, 9.17) is 30.5 Å². The summed E-state index contributed by atoms with van der Waals surface area (Å²) in [6.45, 7) is 1.34. The smallest absolute Gasteiger partial charge is 0.338 e. The summed E-state index contributed by atoms with van der Waals surface area (Å²) in [5, 5.41) is 3.00. The first-order chi connectivity index (χ1) is 19.8. The van der Waals surface area contributed by atoms with Crippen molar-refractivity contribution < 1.29 is 28.5 Å². The number of benzene rings is 2. The molecule has 0 fully saturated rings. The average Bonchev–Trinajstić information content (AvgIpc) is 3.23. The highest BCUT2D eigenvalue weighted by atomic mass is 35.5. The predicted molar refractivity (Wildman–Crippen MR) is 160 cm³/mol. The van der Waals surface area contributed by atoms with Crippen LogP contribution in [0.1, 0.15) is 52.0 Å². The van der Waals surface area contributed by atoms with Gasteiger partial charge in [-0.15, -0.1) is 23.4 Å². The molecular weight excluding hydrogens is 566 g/mol. The standard InChI is InChI=1S/C31H32ClNO7S/c1-17(34)33-24-12-10-21-23(16-40-31(36)19-8-6-18(15-32)7-9-19)28(37-2)30(39-4)29(38-3)27(21)20-11-13-26(41-5)25(35)14-22(20)24/h6-9,11,13-14,24H,10,12,15-16H2,1-5H3,(H,33,34)/t24-/m1/s1. The van der Waals surface area contributed by atoms with Crippen LogP contribution in [0.25, 0.3) is 11.1 Å². The molecular formula is C31H32ClNO7S. The molecule has 0 saturated carbocycles. The number of esters is 1. The van der Waals surface area contributed by atoms with E-state index >= 15 is 0 Å². The van der Waals surface area contributed by atoms with Crippen molar-refractivity contribution in [2.24, 2.45) is 0 Å². The maximum atomic E-state index is 13.1. The molecule has 0 aromatic heterocycles. The van der Waals surface area contributed by atoms with Gasteiger partial charge in [0.05, 0.1) is 37.8 Å². The minimum Gasteiger partial charge on any atom is -0.492 e. The quantitative estimate of drug-likeness (QED) is 0.191. The molecule has 0 aliphatic heterocycles. The van der Waals surface area contributed by atoms with E-state index in [0.29, 0.717) is 68.7 Å². The lowest BCUT2D eigenvalue weighted by atomic mass is 9.91. The highest BCUT2D eigenvalue weighted by Gasteiger charge is 2.33. The summed E-state index contributed by atoms with van der Waals surface area (Å²) in [6.07, 6.45) is 2.79. The van der Waals surface area contributed by atoms with E-state index in [-0.39, 0.29) is 17.9 Å². The number of hydrogen-bond donors (Lipinski definition) is 1. The fourth-order valence-corrected chi connectivity index (χ4v) is 5.83. The first kappa shape index (κ1) is 30.3. The van der Waals surface area contributed by atoms with Crippen LogP contribution in [0.3, 0.4) is 0 Å². The summed E-state index contributed by atoms with van der Waals surface area (Å²) in [5.74, 6) is 0.744. The van der Waals surface area contributed by atoms with Gasteiger partial charge in [-0.2, -0.15) is 0 Å². The first-order valence-corrected chi connectivity index (χ1v) is 14.7. The zero-order valence-corrected chi connectivity index (χ0v) is 25.2. The number of hydrogen-bond acceptors (Lipinski definition) is 8. The Labute approximate surface area is 248 Å². The first-order valence-electron chi connectivity index (χ1n) is 12.9. The largest absolute Gasteiger partial charge is 0.492 e. The summed E-state index contributed by atoms with van der Waals surface area (Å²) in [7, 11) is 4.55. The molecule has 216 valence electrons. The molecule has 0 heterocycles. The van der Waals surface area contributed by atoms with Crippen LogP contribution in [0.2, 0.25) is 0 Å². The van der Waals surface area contributed by atoms with Crippen molar-refractivity contribution >= 4 is 35.2 Å². The van der Waals surface area contributed by atoms with Gasteiger partial charge in [-0.05, 0) is 65.6 Å². The Balaban J connectivity index is 1.94. The van der Waals surface area contributed by atoms with E-state index in [1.54, 1.807) is 36.4 Å². The number of methoxy groups -OCH3 is 3. The van der Waals surface area contributed by atoms with Gasteiger partial charge in [-0.3, -0.25) is 9.59 Å². The Morgan fingerprint density at radius 3 is 2.27 bits per heavy atom. The van der Waals surface area contributed by atoms with Crippen LogP contribution in [0.5, 0.6) is 17.2 Å². The van der Waals surface area contributed by atoms with Gasteiger partial charge < -0.3 is 24.3 Å². The number of alkyl halides is 1. The molecule has 1 N–H and O–H groups in total. The SMILES string of the molecule is COc1c(COC(=O)c2ccc(CCl)cc2)c2c(c(OC)c1OC)-c1ccc(SC)c(=O)cc1[C@H](NC(C)=O)CC2. The Morgan fingerprint density at radius 2 is 1.68 bits per heavy atom. The van der Waals surface area contributed by atoms with E-state index < -0.39 is 12.0 Å². The topological polar surface area (TPSA) is 100 Å². The second kappa shape index (κ2) is 13.3. The van der Waals surface area contributed by atoms with E-state index in [0.717, 1.165) is 11.1 Å². The molecule has 3 aromatic rings. The molecule has 1 atom stereocenters. The molecule has 8 nitrogen and oxygen atoms in total. The summed E-state index contributed by atoms with van der Waals surface area (Å²) in [6, 6.07) is 11.7. The number of amides is 1. The number of ether oxygens (including phenoxy) is 4. The number of nitrogens with one attached hydrogen (secondary N) is 1. The molecule has 0 bridgehead atoms. The maximum Gasteiger partial charge on any atom is 0.338 e. The van der Waals surface area contributed by atoms with Crippen LogP contribution >= 0.6 is 23.4 Å². The number of carbonyl (C=O) groups is 2. The lowest BCUT2D eigenvalue weighted by Gasteiger charge is -2.23. The summed E-state index contributed by atoms with van der Waals surface area (Å²) < 4.78 is 23.3. The highest BCUT2D eigenvalue weighted by Crippen LogP contribution is 2.52. The average molecular weight is 598 g/mol. The van der Waals surface area contributed by atoms with E-state index in [1.165, 1.54) is 40.0 Å². The molecule has 0 unspecified atom stereocenters. The lowest BCUT2D eigenvalue weighted by Crippen LogP contribution is -2.26. The van der Waals surface area contributed by atoms with E-state index in [2.05, 4.69) is 5.32 Å². The minimum atomic E-state index is -0.506. The van der Waals surface area contributed by atoms with Gasteiger partial charge in [-0.25, -0.2) is 4.79 Å². The van der Waals surface area contributed by atoms with Crippen LogP contribution < -0.4 is 25.0 Å². The van der Waals surface area contributed by atoms with Crippen molar-refractivity contribution in [1.82, 2.24) is 5.32 Å². The third-order valence-corrected chi connectivity index (χ3v) is 8.14. The van der Waals surface area contributed by atoms with Gasteiger partial charge in [0.2, 0.25) is 11.7 Å². The number of fused-ring (bicyclic) bond motifs is 3. The normalized spacial score (nSPS) is 13.8. The molecule has 1 amide bonds. The maximum absolute atomic E-state index is 13.1. The highest BCUT2D eigenvalue weighted by molar-refractivity contribution is 7.98. The molecule has 3 aromatic carbocycles. The van der Waals surface area contributed by atoms with Crippen molar-refractivity contribution in [3.8, 4) is 28.4 Å². The zero-order valence-electron chi connectivity index (χ0n) is 23.6. The lowest BCUT2D eigenvalue weighted by molar-refractivity contribution is -0.119. The molecule has 10 heteroatoms. The Hall–Kier alpha value is -3.69. The van der Waals surface area contributed by atoms with Gasteiger partial charge in [0, 0.05) is 23.9 Å². The van der Waals surface area contributed by atoms with Crippen LogP contribution in [0.4, 0.5) is 0 Å². The van der Waals surface area contributed by atoms with Crippen molar-refractivity contribution in [3.63, 3.8) is 0 Å². The molecule has 1 aliphatic rings. The van der Waals surface area contributed by atoms with Gasteiger partial charge in [0.25, 0.3) is 0 Å². The van der Waals surface area contributed by atoms with Crippen molar-refractivity contribution in [2.45, 2.75) is 43.2 Å². The fraction of sp³-hybridized carbons (Fsp3) is 0.323. The second-order valence-electron chi connectivity index (χ2n) is 9.41. The third-order valence-electron chi connectivity index (χ3n) is 7.05. The zero-order chi connectivity index (χ0) is 29.7. The van der Waals surface area contributed by atoms with Crippen LogP contribution in [0.15, 0.2) is 52.2 Å². The van der Waals surface area contributed by atoms with E-state index in [9.17, 15) is 14.4 Å². The monoisotopic (exact) mass is 597 g/mol. The molecule has 4 rings (SSSR count). The van der Waals surface area contributed by atoms with Crippen LogP contribution in [0, 0.1) is 0 Å². The molecule has 1 aliphatic carbocycles. The number of halogens is 1. The van der Waals surface area contributed by atoms with E-state index in [1.807, 2.05) is 12.3 Å². The van der Waals surface area contributed by atoms with Gasteiger partial charge in [0.1, 0.15) is 6.61 Å². The minimum absolute atomic E-state index is 0.107. The molecule has 0 spiro atoms. The molecule has 0 radical (unpaired) electrons. The summed E-state index contributed by atoms with van der Waals surface area (Å²) in [5.41, 5.74) is 4.61. The summed E-state index contributed by atoms with van der Waals surface area (Å²) in [4.78, 5) is 38.9. The van der Waals surface area contributed by atoms with Crippen LogP contribution in [-0.2, 0) is 28.4 Å². The van der Waals surface area contributed by atoms with Gasteiger partial charge in [-0.1, -0.05) is 18.2 Å². The van der Waals surface area contributed by atoms with Crippen molar-refractivity contribution in [3.05, 3.63) is 80.5 Å². The molecule has 0 saturated heterocycles.